The van der Waals surface area contributed by atoms with Gasteiger partial charge < -0.3 is 14.9 Å². The lowest BCUT2D eigenvalue weighted by Crippen LogP contribution is -2.13. The molecule has 1 aliphatic rings. The Bertz CT molecular complexity index is 517. The van der Waals surface area contributed by atoms with Gasteiger partial charge in [-0.15, -0.1) is 0 Å². The standard InChI is InChI=1S/C13H14O4/c1-6(2)10-5-8-4-9(7(3)14)11(15)12(16)13(8)17-10/h4,10,15-16H,1,5H2,2-3H3/t10-/m0/s1. The molecular weight excluding hydrogens is 220 g/mol. The fourth-order valence-corrected chi connectivity index (χ4v) is 1.91. The molecule has 0 saturated heterocycles. The van der Waals surface area contributed by atoms with E-state index in [9.17, 15) is 15.0 Å². The lowest BCUT2D eigenvalue weighted by atomic mass is 10.0. The second-order valence-electron chi connectivity index (χ2n) is 4.32. The molecule has 0 aromatic heterocycles. The number of carbonyl (C=O) groups excluding carboxylic acids is 1. The van der Waals surface area contributed by atoms with Crippen molar-refractivity contribution in [2.75, 3.05) is 0 Å². The summed E-state index contributed by atoms with van der Waals surface area (Å²) in [5, 5.41) is 19.5. The number of carbonyl (C=O) groups is 1. The highest BCUT2D eigenvalue weighted by atomic mass is 16.5. The van der Waals surface area contributed by atoms with E-state index in [1.54, 1.807) is 6.07 Å². The molecule has 0 bridgehead atoms. The van der Waals surface area contributed by atoms with Gasteiger partial charge in [-0.25, -0.2) is 0 Å². The van der Waals surface area contributed by atoms with Gasteiger partial charge >= 0.3 is 0 Å². The predicted octanol–water partition coefficient (Wildman–Crippen LogP) is 2.18. The number of ether oxygens (including phenoxy) is 1. The third-order valence-corrected chi connectivity index (χ3v) is 2.90. The van der Waals surface area contributed by atoms with E-state index in [4.69, 9.17) is 4.74 Å². The van der Waals surface area contributed by atoms with E-state index in [-0.39, 0.29) is 28.9 Å². The largest absolute Gasteiger partial charge is 0.504 e. The van der Waals surface area contributed by atoms with E-state index in [0.717, 1.165) is 11.1 Å². The quantitative estimate of drug-likeness (QED) is 0.467. The summed E-state index contributed by atoms with van der Waals surface area (Å²) in [7, 11) is 0. The van der Waals surface area contributed by atoms with Gasteiger partial charge in [0.2, 0.25) is 5.75 Å². The van der Waals surface area contributed by atoms with Crippen molar-refractivity contribution >= 4 is 5.78 Å². The molecule has 4 nitrogen and oxygen atoms in total. The summed E-state index contributed by atoms with van der Waals surface area (Å²) >= 11 is 0. The van der Waals surface area contributed by atoms with Gasteiger partial charge in [0.05, 0.1) is 5.56 Å². The summed E-state index contributed by atoms with van der Waals surface area (Å²) in [6.07, 6.45) is 0.344. The van der Waals surface area contributed by atoms with Crippen molar-refractivity contribution in [3.8, 4) is 17.2 Å². The van der Waals surface area contributed by atoms with E-state index in [1.165, 1.54) is 6.92 Å². The van der Waals surface area contributed by atoms with Crippen molar-refractivity contribution < 1.29 is 19.7 Å². The highest BCUT2D eigenvalue weighted by Gasteiger charge is 2.30. The van der Waals surface area contributed by atoms with Gasteiger partial charge in [-0.1, -0.05) is 6.58 Å². The third-order valence-electron chi connectivity index (χ3n) is 2.90. The van der Waals surface area contributed by atoms with Crippen molar-refractivity contribution in [2.45, 2.75) is 26.4 Å². The van der Waals surface area contributed by atoms with Gasteiger partial charge in [-0.05, 0) is 25.5 Å². The summed E-state index contributed by atoms with van der Waals surface area (Å²) in [6, 6.07) is 1.57. The van der Waals surface area contributed by atoms with Crippen molar-refractivity contribution in [1.29, 1.82) is 0 Å². The van der Waals surface area contributed by atoms with Crippen LogP contribution in [0.2, 0.25) is 0 Å². The van der Waals surface area contributed by atoms with Gasteiger partial charge in [0.1, 0.15) is 6.10 Å². The zero-order valence-electron chi connectivity index (χ0n) is 9.78. The Morgan fingerprint density at radius 1 is 1.41 bits per heavy atom. The molecular formula is C13H14O4. The van der Waals surface area contributed by atoms with Crippen LogP contribution in [0.25, 0.3) is 0 Å². The molecule has 1 aromatic rings. The average Bonchev–Trinajstić information content (AvgIpc) is 2.67. The number of Topliss-reactive ketones (excluding diaryl/α,β-unsaturated/α-hetero) is 1. The molecule has 0 radical (unpaired) electrons. The van der Waals surface area contributed by atoms with Crippen molar-refractivity contribution in [3.63, 3.8) is 0 Å². The van der Waals surface area contributed by atoms with Crippen LogP contribution in [0.1, 0.15) is 29.8 Å². The van der Waals surface area contributed by atoms with Crippen LogP contribution in [0.5, 0.6) is 17.2 Å². The normalized spacial score (nSPS) is 17.4. The number of benzene rings is 1. The number of rotatable bonds is 2. The number of phenols is 2. The molecule has 17 heavy (non-hydrogen) atoms. The van der Waals surface area contributed by atoms with Crippen LogP contribution in [0.4, 0.5) is 0 Å². The Kier molecular flexibility index (Phi) is 2.58. The van der Waals surface area contributed by atoms with Crippen LogP contribution < -0.4 is 4.74 Å². The van der Waals surface area contributed by atoms with Crippen molar-refractivity contribution in [1.82, 2.24) is 0 Å². The monoisotopic (exact) mass is 234 g/mol. The Hall–Kier alpha value is -1.97. The Morgan fingerprint density at radius 2 is 2.06 bits per heavy atom. The number of hydrogen-bond donors (Lipinski definition) is 2. The van der Waals surface area contributed by atoms with Crippen molar-refractivity contribution in [3.05, 3.63) is 29.3 Å². The molecule has 1 aromatic carbocycles. The molecule has 90 valence electrons. The average molecular weight is 234 g/mol. The minimum atomic E-state index is -0.418. The SMILES string of the molecule is C=C(C)[C@@H]1Cc2cc(C(C)=O)c(O)c(O)c2O1. The Morgan fingerprint density at radius 3 is 2.59 bits per heavy atom. The first kappa shape index (κ1) is 11.5. The lowest BCUT2D eigenvalue weighted by molar-refractivity contribution is 0.101. The van der Waals surface area contributed by atoms with Gasteiger partial charge in [0, 0.05) is 12.0 Å². The predicted molar refractivity (Wildman–Crippen MR) is 62.7 cm³/mol. The number of aromatic hydroxyl groups is 2. The van der Waals surface area contributed by atoms with Gasteiger partial charge in [0.15, 0.2) is 17.3 Å². The lowest BCUT2D eigenvalue weighted by Gasteiger charge is -2.10. The first-order chi connectivity index (χ1) is 7.91. The molecule has 2 rings (SSSR count). The smallest absolute Gasteiger partial charge is 0.201 e. The molecule has 1 atom stereocenters. The van der Waals surface area contributed by atoms with Crippen LogP contribution in [0.3, 0.4) is 0 Å². The zero-order chi connectivity index (χ0) is 12.7. The topological polar surface area (TPSA) is 66.8 Å². The molecule has 0 aliphatic carbocycles. The second-order valence-corrected chi connectivity index (χ2v) is 4.32. The summed E-state index contributed by atoms with van der Waals surface area (Å²) in [5.74, 6) is -0.824. The summed E-state index contributed by atoms with van der Waals surface area (Å²) < 4.78 is 5.49. The molecule has 0 spiro atoms. The third kappa shape index (κ3) is 1.75. The van der Waals surface area contributed by atoms with E-state index < -0.39 is 5.75 Å². The number of hydrogen-bond acceptors (Lipinski definition) is 4. The molecule has 0 fully saturated rings. The molecule has 0 saturated carbocycles. The second kappa shape index (κ2) is 3.80. The minimum absolute atomic E-state index is 0.118. The Labute approximate surface area is 99.2 Å². The van der Waals surface area contributed by atoms with E-state index >= 15 is 0 Å². The van der Waals surface area contributed by atoms with Crippen LogP contribution >= 0.6 is 0 Å². The highest BCUT2D eigenvalue weighted by Crippen LogP contribution is 2.46. The number of fused-ring (bicyclic) bond motifs is 1. The summed E-state index contributed by atoms with van der Waals surface area (Å²) in [4.78, 5) is 11.3. The Balaban J connectivity index is 2.52. The van der Waals surface area contributed by atoms with Gasteiger partial charge in [-0.3, -0.25) is 4.79 Å². The van der Waals surface area contributed by atoms with Gasteiger partial charge in [0.25, 0.3) is 0 Å². The highest BCUT2D eigenvalue weighted by molar-refractivity contribution is 5.98. The molecule has 0 amide bonds. The maximum absolute atomic E-state index is 11.3. The van der Waals surface area contributed by atoms with E-state index in [2.05, 4.69) is 6.58 Å². The molecule has 0 unspecified atom stereocenters. The fraction of sp³-hybridized carbons (Fsp3) is 0.308. The molecule has 2 N–H and O–H groups in total. The molecule has 4 heteroatoms. The summed E-state index contributed by atoms with van der Waals surface area (Å²) in [6.45, 7) is 6.97. The maximum atomic E-state index is 11.3. The van der Waals surface area contributed by atoms with Crippen LogP contribution in [0.15, 0.2) is 18.2 Å². The first-order valence-electron chi connectivity index (χ1n) is 5.32. The number of phenolic OH excluding ortho intramolecular Hbond substituents is 2. The number of ketones is 1. The van der Waals surface area contributed by atoms with Crippen LogP contribution in [0, 0.1) is 0 Å². The van der Waals surface area contributed by atoms with Gasteiger partial charge in [-0.2, -0.15) is 0 Å². The molecule has 1 heterocycles. The van der Waals surface area contributed by atoms with E-state index in [0.29, 0.717) is 6.42 Å². The minimum Gasteiger partial charge on any atom is -0.504 e. The van der Waals surface area contributed by atoms with Crippen LogP contribution in [-0.4, -0.2) is 22.1 Å². The first-order valence-corrected chi connectivity index (χ1v) is 5.32. The maximum Gasteiger partial charge on any atom is 0.201 e. The summed E-state index contributed by atoms with van der Waals surface area (Å²) in [5.41, 5.74) is 1.68. The molecule has 1 aliphatic heterocycles. The zero-order valence-corrected chi connectivity index (χ0v) is 9.78. The van der Waals surface area contributed by atoms with E-state index in [1.807, 2.05) is 6.92 Å². The van der Waals surface area contributed by atoms with Crippen molar-refractivity contribution in [2.24, 2.45) is 0 Å². The fourth-order valence-electron chi connectivity index (χ4n) is 1.91. The van der Waals surface area contributed by atoms with Crippen LogP contribution in [-0.2, 0) is 6.42 Å².